The molecule has 4 aliphatic rings. The highest BCUT2D eigenvalue weighted by atomic mass is 32.1. The second-order valence-electron chi connectivity index (χ2n) is 12.7. The molecule has 6 aromatic rings. The summed E-state index contributed by atoms with van der Waals surface area (Å²) in [5, 5.41) is 21.9. The largest absolute Gasteiger partial charge is 0.388 e. The molecule has 0 radical (unpaired) electrons. The monoisotopic (exact) mass is 627 g/mol. The van der Waals surface area contributed by atoms with Crippen molar-refractivity contribution in [1.29, 1.82) is 0 Å². The van der Waals surface area contributed by atoms with E-state index in [0.29, 0.717) is 0 Å². The lowest BCUT2D eigenvalue weighted by Crippen LogP contribution is -2.29. The van der Waals surface area contributed by atoms with Crippen molar-refractivity contribution in [2.75, 3.05) is 0 Å². The summed E-state index contributed by atoms with van der Waals surface area (Å²) in [5.74, 6) is 1.01. The highest BCUT2D eigenvalue weighted by Gasteiger charge is 2.42. The number of hydrogen-bond donors (Lipinski definition) is 2. The number of imidazole rings is 2. The summed E-state index contributed by atoms with van der Waals surface area (Å²) in [6, 6.07) is 17.2. The zero-order valence-electron chi connectivity index (χ0n) is 25.3. The predicted octanol–water partition coefficient (Wildman–Crippen LogP) is 6.05. The Morgan fingerprint density at radius 3 is 2.00 bits per heavy atom. The molecule has 0 bridgehead atoms. The van der Waals surface area contributed by atoms with Gasteiger partial charge in [-0.15, -0.1) is 11.3 Å². The lowest BCUT2D eigenvalue weighted by molar-refractivity contribution is 0.0692. The van der Waals surface area contributed by atoms with E-state index in [-0.39, 0.29) is 23.9 Å². The van der Waals surface area contributed by atoms with Gasteiger partial charge in [0, 0.05) is 45.3 Å². The number of aromatic nitrogens is 7. The van der Waals surface area contributed by atoms with Crippen molar-refractivity contribution >= 4 is 11.3 Å². The zero-order chi connectivity index (χ0) is 30.9. The molecule has 9 nitrogen and oxygen atoms in total. The van der Waals surface area contributed by atoms with Crippen LogP contribution in [0, 0.1) is 18.8 Å². The third-order valence-corrected chi connectivity index (χ3v) is 11.3. The van der Waals surface area contributed by atoms with Crippen LogP contribution in [0.4, 0.5) is 0 Å². The van der Waals surface area contributed by atoms with E-state index in [1.54, 1.807) is 17.5 Å². The van der Waals surface area contributed by atoms with Gasteiger partial charge in [-0.2, -0.15) is 0 Å². The minimum Gasteiger partial charge on any atom is -0.388 e. The standard InChI is InChI=1S/C19H18N4O.C17H15N3OS/c1-11-21-8-15-16(22-11)7-6-14(19(15)24)18-13-5-3-2-4-12(13)17-9-20-10-23(17)18;21-17-12(5-6-14-15(17)19-9-22-14)16-11-4-2-1-3-10(11)13-7-18-8-20(13)16/h2-5,8-10,14,18-19,24H,6-7H2,1H3;1-4,7-9,12,16-17,21H,5-6H2. The fourth-order valence-electron chi connectivity index (χ4n) is 8.31. The maximum absolute atomic E-state index is 11.0. The first-order valence-electron chi connectivity index (χ1n) is 15.9. The number of fused-ring (bicyclic) bond motifs is 8. The van der Waals surface area contributed by atoms with Crippen molar-refractivity contribution in [3.05, 3.63) is 124 Å². The SMILES string of the molecule is Cc1ncc2c(n1)CCC(C1c3ccccc3-c3cncn31)C2O.OC1c2ncsc2CCC1C1c2ccccc2-c2cncn21. The number of rotatable bonds is 2. The number of aliphatic hydroxyl groups is 2. The summed E-state index contributed by atoms with van der Waals surface area (Å²) >= 11 is 1.66. The first-order chi connectivity index (χ1) is 22.6. The van der Waals surface area contributed by atoms with Gasteiger partial charge in [-0.25, -0.2) is 24.9 Å². The number of benzene rings is 2. The van der Waals surface area contributed by atoms with Gasteiger partial charge in [0.15, 0.2) is 0 Å². The van der Waals surface area contributed by atoms with Gasteiger partial charge in [0.2, 0.25) is 0 Å². The molecule has 2 aromatic carbocycles. The second kappa shape index (κ2) is 10.8. The van der Waals surface area contributed by atoms with Crippen LogP contribution >= 0.6 is 11.3 Å². The molecule has 4 aromatic heterocycles. The highest BCUT2D eigenvalue weighted by Crippen LogP contribution is 2.51. The Kier molecular flexibility index (Phi) is 6.52. The fraction of sp³-hybridized carbons (Fsp3) is 0.306. The van der Waals surface area contributed by atoms with Crippen molar-refractivity contribution in [1.82, 2.24) is 34.1 Å². The lowest BCUT2D eigenvalue weighted by Gasteiger charge is -2.34. The molecular weight excluding hydrogens is 595 g/mol. The van der Waals surface area contributed by atoms with Gasteiger partial charge in [0.1, 0.15) is 11.9 Å². The molecule has 6 heterocycles. The Labute approximate surface area is 270 Å². The van der Waals surface area contributed by atoms with Crippen LogP contribution in [0.5, 0.6) is 0 Å². The van der Waals surface area contributed by atoms with E-state index in [1.165, 1.54) is 27.1 Å². The molecule has 0 amide bonds. The van der Waals surface area contributed by atoms with Crippen molar-refractivity contribution < 1.29 is 10.2 Å². The van der Waals surface area contributed by atoms with Crippen LogP contribution in [0.2, 0.25) is 0 Å². The Hall–Kier alpha value is -4.51. The maximum Gasteiger partial charge on any atom is 0.125 e. The normalized spacial score (nSPS) is 24.9. The molecule has 0 spiro atoms. The van der Waals surface area contributed by atoms with E-state index < -0.39 is 12.2 Å². The van der Waals surface area contributed by atoms with Crippen LogP contribution in [0.15, 0.2) is 85.3 Å². The summed E-state index contributed by atoms with van der Waals surface area (Å²) in [6.45, 7) is 1.89. The van der Waals surface area contributed by atoms with Crippen LogP contribution in [0.1, 0.15) is 75.9 Å². The summed E-state index contributed by atoms with van der Waals surface area (Å²) in [7, 11) is 0. The van der Waals surface area contributed by atoms with E-state index in [1.807, 2.05) is 37.5 Å². The summed E-state index contributed by atoms with van der Waals surface area (Å²) in [5.41, 5.74) is 11.9. The van der Waals surface area contributed by atoms with Gasteiger partial charge in [-0.05, 0) is 43.7 Å². The molecule has 2 aliphatic carbocycles. The highest BCUT2D eigenvalue weighted by molar-refractivity contribution is 7.09. The van der Waals surface area contributed by atoms with Gasteiger partial charge in [0.25, 0.3) is 0 Å². The molecule has 46 heavy (non-hydrogen) atoms. The van der Waals surface area contributed by atoms with E-state index in [2.05, 4.69) is 82.6 Å². The number of nitrogens with zero attached hydrogens (tertiary/aromatic N) is 7. The average molecular weight is 628 g/mol. The molecule has 2 N–H and O–H groups in total. The Morgan fingerprint density at radius 1 is 0.717 bits per heavy atom. The predicted molar refractivity (Wildman–Crippen MR) is 174 cm³/mol. The maximum atomic E-state index is 11.0. The topological polar surface area (TPSA) is 115 Å². The molecule has 6 atom stereocenters. The smallest absolute Gasteiger partial charge is 0.125 e. The molecule has 2 aliphatic heterocycles. The van der Waals surface area contributed by atoms with Gasteiger partial charge in [-0.3, -0.25) is 0 Å². The summed E-state index contributed by atoms with van der Waals surface area (Å²) < 4.78 is 4.43. The van der Waals surface area contributed by atoms with Crippen LogP contribution in [0.25, 0.3) is 22.5 Å². The van der Waals surface area contributed by atoms with Crippen molar-refractivity contribution in [3.8, 4) is 22.5 Å². The molecule has 10 heteroatoms. The summed E-state index contributed by atoms with van der Waals surface area (Å²) in [6.07, 6.45) is 12.1. The number of thiazole rings is 1. The number of aryl methyl sites for hydroxylation is 3. The molecule has 0 fully saturated rings. The quantitative estimate of drug-likeness (QED) is 0.240. The summed E-state index contributed by atoms with van der Waals surface area (Å²) in [4.78, 5) is 23.1. The van der Waals surface area contributed by atoms with Gasteiger partial charge < -0.3 is 19.3 Å². The average Bonchev–Trinajstić information content (AvgIpc) is 3.90. The molecule has 10 rings (SSSR count). The molecular formula is C36H33N7O2S. The van der Waals surface area contributed by atoms with Crippen LogP contribution in [-0.2, 0) is 12.8 Å². The Balaban J connectivity index is 0.000000127. The zero-order valence-corrected chi connectivity index (χ0v) is 26.1. The third kappa shape index (κ3) is 4.17. The van der Waals surface area contributed by atoms with Crippen molar-refractivity contribution in [3.63, 3.8) is 0 Å². The van der Waals surface area contributed by atoms with Gasteiger partial charge in [-0.1, -0.05) is 48.5 Å². The van der Waals surface area contributed by atoms with Crippen LogP contribution < -0.4 is 0 Å². The first kappa shape index (κ1) is 27.8. The Bertz CT molecular complexity index is 2080. The molecule has 230 valence electrons. The lowest BCUT2D eigenvalue weighted by atomic mass is 9.78. The van der Waals surface area contributed by atoms with Crippen molar-refractivity contribution in [2.24, 2.45) is 11.8 Å². The first-order valence-corrected chi connectivity index (χ1v) is 16.8. The second-order valence-corrected chi connectivity index (χ2v) is 13.7. The van der Waals surface area contributed by atoms with Crippen molar-refractivity contribution in [2.45, 2.75) is 56.9 Å². The molecule has 0 saturated carbocycles. The number of aliphatic hydroxyl groups excluding tert-OH is 2. The van der Waals surface area contributed by atoms with Crippen LogP contribution in [-0.4, -0.2) is 44.3 Å². The van der Waals surface area contributed by atoms with E-state index in [9.17, 15) is 10.2 Å². The Morgan fingerprint density at radius 2 is 1.33 bits per heavy atom. The molecule has 0 saturated heterocycles. The molecule has 6 unspecified atom stereocenters. The minimum atomic E-state index is -0.555. The minimum absolute atomic E-state index is 0.0976. The third-order valence-electron chi connectivity index (χ3n) is 10.4. The van der Waals surface area contributed by atoms with Gasteiger partial charge in [0.05, 0.1) is 65.8 Å². The van der Waals surface area contributed by atoms with Gasteiger partial charge >= 0.3 is 0 Å². The van der Waals surface area contributed by atoms with Crippen LogP contribution in [0.3, 0.4) is 0 Å². The van der Waals surface area contributed by atoms with E-state index >= 15 is 0 Å². The number of hydrogen-bond acceptors (Lipinski definition) is 8. The van der Waals surface area contributed by atoms with E-state index in [4.69, 9.17) is 0 Å². The van der Waals surface area contributed by atoms with E-state index in [0.717, 1.165) is 59.8 Å². The fourth-order valence-corrected chi connectivity index (χ4v) is 9.14.